The fraction of sp³-hybridized carbons (Fsp3) is 0.304. The van der Waals surface area contributed by atoms with Gasteiger partial charge in [0.1, 0.15) is 0 Å². The zero-order valence-electron chi connectivity index (χ0n) is 17.3. The summed E-state index contributed by atoms with van der Waals surface area (Å²) in [6, 6.07) is 14.0. The zero-order chi connectivity index (χ0) is 21.8. The van der Waals surface area contributed by atoms with E-state index in [1.165, 1.54) is 6.07 Å². The van der Waals surface area contributed by atoms with Crippen molar-refractivity contribution in [3.63, 3.8) is 0 Å². The fourth-order valence-corrected chi connectivity index (χ4v) is 3.55. The Kier molecular flexibility index (Phi) is 5.96. The Morgan fingerprint density at radius 2 is 2.03 bits per heavy atom. The first kappa shape index (κ1) is 20.6. The van der Waals surface area contributed by atoms with Crippen molar-refractivity contribution in [3.8, 4) is 6.07 Å². The van der Waals surface area contributed by atoms with Crippen molar-refractivity contribution in [1.29, 1.82) is 5.26 Å². The van der Waals surface area contributed by atoms with Crippen LogP contribution in [-0.2, 0) is 11.3 Å². The number of hydrogen-bond donors (Lipinski definition) is 1. The highest BCUT2D eigenvalue weighted by Gasteiger charge is 2.23. The monoisotopic (exact) mass is 417 g/mol. The zero-order valence-corrected chi connectivity index (χ0v) is 17.3. The van der Waals surface area contributed by atoms with E-state index in [0.717, 1.165) is 31.4 Å². The van der Waals surface area contributed by atoms with E-state index >= 15 is 0 Å². The molecule has 158 valence electrons. The second kappa shape index (κ2) is 8.98. The van der Waals surface area contributed by atoms with Crippen LogP contribution in [0.1, 0.15) is 39.1 Å². The number of nitrogens with one attached hydrogen (secondary N) is 1. The number of rotatable bonds is 7. The topological polar surface area (TPSA) is 100 Å². The van der Waals surface area contributed by atoms with Crippen LogP contribution in [0.25, 0.3) is 11.0 Å². The summed E-state index contributed by atoms with van der Waals surface area (Å²) < 4.78 is 7.07. The summed E-state index contributed by atoms with van der Waals surface area (Å²) in [4.78, 5) is 31.8. The lowest BCUT2D eigenvalue weighted by Crippen LogP contribution is -2.42. The third-order valence-corrected chi connectivity index (χ3v) is 5.35. The molecule has 8 nitrogen and oxygen atoms in total. The SMILES string of the molecule is COCCCn1c(NC(=O)c2cccc(C#N)c2)nc2ccc(C(=O)N3CCC3)cc21. The highest BCUT2D eigenvalue weighted by atomic mass is 16.5. The number of carbonyl (C=O) groups is 2. The standard InChI is InChI=1S/C23H23N5O3/c1-31-12-4-11-28-20-14-18(22(30)27-9-3-10-27)7-8-19(20)25-23(28)26-21(29)17-6-2-5-16(13-17)15-24/h2,5-8,13-14H,3-4,9-12H2,1H3,(H,25,26,29). The lowest BCUT2D eigenvalue weighted by molar-refractivity contribution is 0.0652. The summed E-state index contributed by atoms with van der Waals surface area (Å²) in [7, 11) is 1.64. The molecule has 1 aliphatic heterocycles. The largest absolute Gasteiger partial charge is 0.385 e. The highest BCUT2D eigenvalue weighted by Crippen LogP contribution is 2.24. The molecule has 1 aliphatic rings. The van der Waals surface area contributed by atoms with Gasteiger partial charge in [-0.1, -0.05) is 6.07 Å². The maximum absolute atomic E-state index is 12.8. The minimum Gasteiger partial charge on any atom is -0.385 e. The molecular weight excluding hydrogens is 394 g/mol. The Labute approximate surface area is 180 Å². The van der Waals surface area contributed by atoms with Gasteiger partial charge >= 0.3 is 0 Å². The number of methoxy groups -OCH3 is 1. The average Bonchev–Trinajstić information content (AvgIpc) is 3.09. The van der Waals surface area contributed by atoms with Gasteiger partial charge in [-0.15, -0.1) is 0 Å². The predicted octanol–water partition coefficient (Wildman–Crippen LogP) is 3.04. The Balaban J connectivity index is 1.67. The molecule has 0 saturated carbocycles. The van der Waals surface area contributed by atoms with Crippen molar-refractivity contribution in [2.24, 2.45) is 0 Å². The average molecular weight is 417 g/mol. The van der Waals surface area contributed by atoms with E-state index in [4.69, 9.17) is 10.00 Å². The Morgan fingerprint density at radius 1 is 1.19 bits per heavy atom. The van der Waals surface area contributed by atoms with Gasteiger partial charge in [0.15, 0.2) is 0 Å². The van der Waals surface area contributed by atoms with Crippen LogP contribution in [0.2, 0.25) is 0 Å². The van der Waals surface area contributed by atoms with Gasteiger partial charge in [-0.05, 0) is 49.2 Å². The first-order chi connectivity index (χ1) is 15.1. The van der Waals surface area contributed by atoms with Gasteiger partial charge in [-0.2, -0.15) is 5.26 Å². The molecule has 0 atom stereocenters. The second-order valence-electron chi connectivity index (χ2n) is 7.43. The molecule has 8 heteroatoms. The number of benzene rings is 2. The third kappa shape index (κ3) is 4.27. The number of hydrogen-bond acceptors (Lipinski definition) is 5. The number of amides is 2. The van der Waals surface area contributed by atoms with Crippen LogP contribution in [0.15, 0.2) is 42.5 Å². The van der Waals surface area contributed by atoms with Gasteiger partial charge in [0.05, 0.1) is 22.7 Å². The number of nitriles is 1. The minimum absolute atomic E-state index is 0.0108. The Bertz CT molecular complexity index is 1170. The van der Waals surface area contributed by atoms with E-state index in [2.05, 4.69) is 10.3 Å². The summed E-state index contributed by atoms with van der Waals surface area (Å²) >= 11 is 0. The molecule has 0 spiro atoms. The minimum atomic E-state index is -0.350. The number of imidazole rings is 1. The number of aromatic nitrogens is 2. The molecule has 1 saturated heterocycles. The lowest BCUT2D eigenvalue weighted by atomic mass is 10.1. The summed E-state index contributed by atoms with van der Waals surface area (Å²) in [5.41, 5.74) is 2.88. The van der Waals surface area contributed by atoms with Crippen LogP contribution in [0.5, 0.6) is 0 Å². The predicted molar refractivity (Wildman–Crippen MR) is 116 cm³/mol. The number of fused-ring (bicyclic) bond motifs is 1. The van der Waals surface area contributed by atoms with Crippen LogP contribution >= 0.6 is 0 Å². The van der Waals surface area contributed by atoms with Crippen molar-refractivity contribution >= 4 is 28.8 Å². The molecule has 0 unspecified atom stereocenters. The first-order valence-electron chi connectivity index (χ1n) is 10.2. The van der Waals surface area contributed by atoms with Crippen molar-refractivity contribution in [1.82, 2.24) is 14.5 Å². The molecule has 1 aromatic heterocycles. The van der Waals surface area contributed by atoms with E-state index in [-0.39, 0.29) is 11.8 Å². The molecule has 2 heterocycles. The number of anilines is 1. The smallest absolute Gasteiger partial charge is 0.258 e. The number of carbonyl (C=O) groups excluding carboxylic acids is 2. The maximum atomic E-state index is 12.8. The van der Waals surface area contributed by atoms with E-state index < -0.39 is 0 Å². The van der Waals surface area contributed by atoms with Crippen LogP contribution in [0.4, 0.5) is 5.95 Å². The van der Waals surface area contributed by atoms with E-state index in [0.29, 0.717) is 41.3 Å². The van der Waals surface area contributed by atoms with Gasteiger partial charge in [0, 0.05) is 44.5 Å². The van der Waals surface area contributed by atoms with Gasteiger partial charge in [0.2, 0.25) is 5.95 Å². The molecule has 31 heavy (non-hydrogen) atoms. The van der Waals surface area contributed by atoms with E-state index in [1.807, 2.05) is 21.6 Å². The summed E-state index contributed by atoms with van der Waals surface area (Å²) in [6.07, 6.45) is 1.76. The fourth-order valence-electron chi connectivity index (χ4n) is 3.55. The summed E-state index contributed by atoms with van der Waals surface area (Å²) in [6.45, 7) is 2.70. The number of ether oxygens (including phenoxy) is 1. The van der Waals surface area contributed by atoms with Crippen LogP contribution < -0.4 is 5.32 Å². The molecular formula is C23H23N5O3. The third-order valence-electron chi connectivity index (χ3n) is 5.35. The van der Waals surface area contributed by atoms with Crippen molar-refractivity contribution < 1.29 is 14.3 Å². The van der Waals surface area contributed by atoms with Crippen LogP contribution in [-0.4, -0.2) is 53.1 Å². The Hall–Kier alpha value is -3.70. The molecule has 3 aromatic rings. The van der Waals surface area contributed by atoms with Gasteiger partial charge < -0.3 is 14.2 Å². The lowest BCUT2D eigenvalue weighted by Gasteiger charge is -2.30. The summed E-state index contributed by atoms with van der Waals surface area (Å²) in [5, 5.41) is 11.9. The molecule has 2 aromatic carbocycles. The normalized spacial score (nSPS) is 13.0. The molecule has 0 bridgehead atoms. The molecule has 4 rings (SSSR count). The van der Waals surface area contributed by atoms with Gasteiger partial charge in [0.25, 0.3) is 11.8 Å². The molecule has 2 amide bonds. The molecule has 0 aliphatic carbocycles. The van der Waals surface area contributed by atoms with E-state index in [9.17, 15) is 9.59 Å². The number of nitrogens with zero attached hydrogens (tertiary/aromatic N) is 4. The van der Waals surface area contributed by atoms with Crippen molar-refractivity contribution in [2.75, 3.05) is 32.1 Å². The maximum Gasteiger partial charge on any atom is 0.258 e. The summed E-state index contributed by atoms with van der Waals surface area (Å²) in [5.74, 6) is 0.0565. The molecule has 0 radical (unpaired) electrons. The van der Waals surface area contributed by atoms with Crippen LogP contribution in [0, 0.1) is 11.3 Å². The van der Waals surface area contributed by atoms with Gasteiger partial charge in [-0.3, -0.25) is 14.9 Å². The Morgan fingerprint density at radius 3 is 2.74 bits per heavy atom. The van der Waals surface area contributed by atoms with Crippen molar-refractivity contribution in [2.45, 2.75) is 19.4 Å². The van der Waals surface area contributed by atoms with E-state index in [1.54, 1.807) is 37.4 Å². The molecule has 1 fully saturated rings. The van der Waals surface area contributed by atoms with Crippen molar-refractivity contribution in [3.05, 3.63) is 59.2 Å². The quantitative estimate of drug-likeness (QED) is 0.596. The van der Waals surface area contributed by atoms with Crippen LogP contribution in [0.3, 0.4) is 0 Å². The van der Waals surface area contributed by atoms with Gasteiger partial charge in [-0.25, -0.2) is 4.98 Å². The number of likely N-dealkylation sites (tertiary alicyclic amines) is 1. The first-order valence-corrected chi connectivity index (χ1v) is 10.2. The highest BCUT2D eigenvalue weighted by molar-refractivity contribution is 6.04. The molecule has 1 N–H and O–H groups in total. The number of aryl methyl sites for hydroxylation is 1. The second-order valence-corrected chi connectivity index (χ2v) is 7.43.